The van der Waals surface area contributed by atoms with Gasteiger partial charge in [-0.2, -0.15) is 0 Å². The van der Waals surface area contributed by atoms with E-state index < -0.39 is 0 Å². The molecular formula is C19H19NO5. The first-order chi connectivity index (χ1) is 12.2. The predicted molar refractivity (Wildman–Crippen MR) is 95.3 cm³/mol. The van der Waals surface area contributed by atoms with E-state index >= 15 is 0 Å². The molecule has 3 rings (SSSR count). The van der Waals surface area contributed by atoms with Crippen molar-refractivity contribution in [2.24, 2.45) is 0 Å². The maximum Gasteiger partial charge on any atom is 0.204 e. The van der Waals surface area contributed by atoms with Crippen molar-refractivity contribution in [3.63, 3.8) is 0 Å². The predicted octanol–water partition coefficient (Wildman–Crippen LogP) is 3.68. The average Bonchev–Trinajstić information content (AvgIpc) is 3.08. The Morgan fingerprint density at radius 2 is 1.56 bits per heavy atom. The van der Waals surface area contributed by atoms with Crippen LogP contribution in [0.4, 0.5) is 0 Å². The van der Waals surface area contributed by atoms with E-state index in [9.17, 15) is 4.79 Å². The summed E-state index contributed by atoms with van der Waals surface area (Å²) in [6.07, 6.45) is 0.732. The van der Waals surface area contributed by atoms with Crippen LogP contribution in [-0.2, 0) is 0 Å². The number of aromatic amines is 1. The van der Waals surface area contributed by atoms with E-state index in [2.05, 4.69) is 4.98 Å². The van der Waals surface area contributed by atoms with E-state index in [1.54, 1.807) is 20.3 Å². The maximum absolute atomic E-state index is 11.5. The van der Waals surface area contributed by atoms with Crippen molar-refractivity contribution in [1.29, 1.82) is 0 Å². The smallest absolute Gasteiger partial charge is 0.204 e. The van der Waals surface area contributed by atoms with Gasteiger partial charge in [0.25, 0.3) is 0 Å². The molecule has 0 bridgehead atoms. The molecule has 6 nitrogen and oxygen atoms in total. The van der Waals surface area contributed by atoms with E-state index in [-0.39, 0.29) is 0 Å². The number of methoxy groups -OCH3 is 4. The van der Waals surface area contributed by atoms with Crippen LogP contribution in [0.15, 0.2) is 30.3 Å². The van der Waals surface area contributed by atoms with Crippen LogP contribution >= 0.6 is 0 Å². The van der Waals surface area contributed by atoms with Gasteiger partial charge in [-0.25, -0.2) is 0 Å². The summed E-state index contributed by atoms with van der Waals surface area (Å²) in [5.41, 5.74) is 2.83. The van der Waals surface area contributed by atoms with Crippen molar-refractivity contribution in [2.75, 3.05) is 28.4 Å². The molecule has 3 aromatic rings. The fourth-order valence-corrected chi connectivity index (χ4v) is 2.91. The van der Waals surface area contributed by atoms with Gasteiger partial charge in [0.2, 0.25) is 5.75 Å². The van der Waals surface area contributed by atoms with Crippen LogP contribution in [0.2, 0.25) is 0 Å². The molecule has 1 N–H and O–H groups in total. The molecule has 0 saturated heterocycles. The quantitative estimate of drug-likeness (QED) is 0.693. The lowest BCUT2D eigenvalue weighted by molar-refractivity contribution is 0.112. The number of rotatable bonds is 6. The highest BCUT2D eigenvalue weighted by Gasteiger charge is 2.22. The van der Waals surface area contributed by atoms with E-state index in [0.717, 1.165) is 28.6 Å². The first-order valence-electron chi connectivity index (χ1n) is 7.62. The van der Waals surface area contributed by atoms with Gasteiger partial charge in [-0.15, -0.1) is 0 Å². The number of aromatic nitrogens is 1. The van der Waals surface area contributed by atoms with Gasteiger partial charge in [0.05, 0.1) is 39.7 Å². The molecule has 0 aliphatic carbocycles. The number of fused-ring (bicyclic) bond motifs is 1. The molecule has 1 heterocycles. The molecule has 6 heteroatoms. The Hall–Kier alpha value is -3.15. The minimum Gasteiger partial charge on any atom is -0.497 e. The second-order valence-corrected chi connectivity index (χ2v) is 5.37. The van der Waals surface area contributed by atoms with Gasteiger partial charge in [-0.05, 0) is 30.3 Å². The number of hydrogen-bond donors (Lipinski definition) is 1. The van der Waals surface area contributed by atoms with Crippen molar-refractivity contribution < 1.29 is 23.7 Å². The normalized spacial score (nSPS) is 10.6. The zero-order valence-corrected chi connectivity index (χ0v) is 14.5. The van der Waals surface area contributed by atoms with E-state index in [0.29, 0.717) is 28.4 Å². The third kappa shape index (κ3) is 2.76. The molecule has 0 unspecified atom stereocenters. The fraction of sp³-hybridized carbons (Fsp3) is 0.211. The van der Waals surface area contributed by atoms with Crippen molar-refractivity contribution in [3.8, 4) is 34.3 Å². The van der Waals surface area contributed by atoms with Crippen LogP contribution in [0.3, 0.4) is 0 Å². The standard InChI is InChI=1S/C19H19NO5/c1-22-13-5-6-15-11(7-13)9-16(20-15)14-8-12(10-21)17(23-2)19(25-4)18(14)24-3/h5-10,20H,1-4H3. The van der Waals surface area contributed by atoms with E-state index in [1.807, 2.05) is 24.3 Å². The van der Waals surface area contributed by atoms with Gasteiger partial charge in [-0.3, -0.25) is 4.79 Å². The lowest BCUT2D eigenvalue weighted by atomic mass is 10.0. The van der Waals surface area contributed by atoms with Crippen LogP contribution in [0, 0.1) is 0 Å². The number of H-pyrrole nitrogens is 1. The molecule has 0 atom stereocenters. The SMILES string of the molecule is COc1ccc2[nH]c(-c3cc(C=O)c(OC)c(OC)c3OC)cc2c1. The summed E-state index contributed by atoms with van der Waals surface area (Å²) in [7, 11) is 6.17. The van der Waals surface area contributed by atoms with Crippen molar-refractivity contribution >= 4 is 17.2 Å². The summed E-state index contributed by atoms with van der Waals surface area (Å²) in [6, 6.07) is 9.44. The summed E-state index contributed by atoms with van der Waals surface area (Å²) >= 11 is 0. The Labute approximate surface area is 145 Å². The zero-order chi connectivity index (χ0) is 18.0. The molecular weight excluding hydrogens is 322 g/mol. The number of carbonyl (C=O) groups is 1. The lowest BCUT2D eigenvalue weighted by Gasteiger charge is -2.17. The fourth-order valence-electron chi connectivity index (χ4n) is 2.91. The maximum atomic E-state index is 11.5. The molecule has 0 aliphatic rings. The summed E-state index contributed by atoms with van der Waals surface area (Å²) in [6.45, 7) is 0. The van der Waals surface area contributed by atoms with Gasteiger partial charge >= 0.3 is 0 Å². The Bertz CT molecular complexity index is 929. The minimum atomic E-state index is 0.343. The van der Waals surface area contributed by atoms with Gasteiger partial charge < -0.3 is 23.9 Å². The lowest BCUT2D eigenvalue weighted by Crippen LogP contribution is -2.00. The molecule has 25 heavy (non-hydrogen) atoms. The second-order valence-electron chi connectivity index (χ2n) is 5.37. The molecule has 2 aromatic carbocycles. The van der Waals surface area contributed by atoms with Crippen LogP contribution in [-0.4, -0.2) is 39.7 Å². The first kappa shape index (κ1) is 16.7. The third-order valence-corrected chi connectivity index (χ3v) is 4.08. The number of nitrogens with one attached hydrogen (secondary N) is 1. The molecule has 0 spiro atoms. The second kappa shape index (κ2) is 6.76. The first-order valence-corrected chi connectivity index (χ1v) is 7.62. The van der Waals surface area contributed by atoms with E-state index in [4.69, 9.17) is 18.9 Å². The molecule has 130 valence electrons. The van der Waals surface area contributed by atoms with Gasteiger partial charge in [0.15, 0.2) is 17.8 Å². The van der Waals surface area contributed by atoms with Crippen LogP contribution in [0.25, 0.3) is 22.2 Å². The molecule has 1 aromatic heterocycles. The number of benzene rings is 2. The summed E-state index contributed by atoms with van der Waals surface area (Å²) in [5.74, 6) is 1.98. The van der Waals surface area contributed by atoms with Crippen LogP contribution in [0.1, 0.15) is 10.4 Å². The number of ether oxygens (including phenoxy) is 4. The highest BCUT2D eigenvalue weighted by Crippen LogP contribution is 2.46. The monoisotopic (exact) mass is 341 g/mol. The van der Waals surface area contributed by atoms with Crippen molar-refractivity contribution in [1.82, 2.24) is 4.98 Å². The highest BCUT2D eigenvalue weighted by molar-refractivity contribution is 5.92. The largest absolute Gasteiger partial charge is 0.497 e. The number of carbonyl (C=O) groups excluding carboxylic acids is 1. The number of hydrogen-bond acceptors (Lipinski definition) is 5. The Morgan fingerprint density at radius 1 is 0.840 bits per heavy atom. The van der Waals surface area contributed by atoms with Gasteiger partial charge in [0, 0.05) is 16.5 Å². The average molecular weight is 341 g/mol. The topological polar surface area (TPSA) is 69.8 Å². The molecule has 0 saturated carbocycles. The summed E-state index contributed by atoms with van der Waals surface area (Å²) in [4.78, 5) is 14.8. The Kier molecular flexibility index (Phi) is 4.52. The minimum absolute atomic E-state index is 0.343. The van der Waals surface area contributed by atoms with E-state index in [1.165, 1.54) is 14.2 Å². The van der Waals surface area contributed by atoms with Crippen molar-refractivity contribution in [3.05, 3.63) is 35.9 Å². The van der Waals surface area contributed by atoms with Crippen LogP contribution < -0.4 is 18.9 Å². The molecule has 0 radical (unpaired) electrons. The zero-order valence-electron chi connectivity index (χ0n) is 14.5. The van der Waals surface area contributed by atoms with Gasteiger partial charge in [-0.1, -0.05) is 0 Å². The summed E-state index contributed by atoms with van der Waals surface area (Å²) in [5, 5.41) is 0.985. The molecule has 0 fully saturated rings. The third-order valence-electron chi connectivity index (χ3n) is 4.08. The van der Waals surface area contributed by atoms with Crippen molar-refractivity contribution in [2.45, 2.75) is 0 Å². The molecule has 0 aliphatic heterocycles. The van der Waals surface area contributed by atoms with Gasteiger partial charge in [0.1, 0.15) is 5.75 Å². The highest BCUT2D eigenvalue weighted by atomic mass is 16.5. The Balaban J connectivity index is 2.27. The summed E-state index contributed by atoms with van der Waals surface area (Å²) < 4.78 is 21.6. The number of aldehydes is 1. The Morgan fingerprint density at radius 3 is 2.16 bits per heavy atom. The molecule has 0 amide bonds. The van der Waals surface area contributed by atoms with Crippen LogP contribution in [0.5, 0.6) is 23.0 Å².